The van der Waals surface area contributed by atoms with E-state index in [0.717, 1.165) is 28.0 Å². The average Bonchev–Trinajstić information content (AvgIpc) is 3.33. The van der Waals surface area contributed by atoms with Gasteiger partial charge in [0.15, 0.2) is 10.9 Å². The Morgan fingerprint density at radius 3 is 2.75 bits per heavy atom. The van der Waals surface area contributed by atoms with Gasteiger partial charge < -0.3 is 9.15 Å². The molecule has 0 radical (unpaired) electrons. The summed E-state index contributed by atoms with van der Waals surface area (Å²) in [7, 11) is 0. The summed E-state index contributed by atoms with van der Waals surface area (Å²) in [5.74, 6) is 1.26. The predicted octanol–water partition coefficient (Wildman–Crippen LogP) is 5.59. The maximum absolute atomic E-state index is 12.4. The van der Waals surface area contributed by atoms with E-state index in [1.807, 2.05) is 43.3 Å². The van der Waals surface area contributed by atoms with E-state index in [9.17, 15) is 4.79 Å². The molecule has 4 aromatic rings. The molecule has 1 N–H and O–H groups in total. The number of nitrogens with zero attached hydrogens (tertiary/aromatic N) is 1. The number of hydrogen-bond donors (Lipinski definition) is 1. The van der Waals surface area contributed by atoms with Crippen molar-refractivity contribution in [2.24, 2.45) is 0 Å². The van der Waals surface area contributed by atoms with Crippen molar-refractivity contribution in [3.05, 3.63) is 77.2 Å². The average molecular weight is 392 g/mol. The van der Waals surface area contributed by atoms with Crippen LogP contribution in [0, 0.1) is 6.92 Å². The van der Waals surface area contributed by atoms with E-state index in [-0.39, 0.29) is 18.3 Å². The lowest BCUT2D eigenvalue weighted by molar-refractivity contribution is 0.0992. The molecule has 6 heteroatoms. The summed E-state index contributed by atoms with van der Waals surface area (Å²) in [4.78, 5) is 16.9. The Bertz CT molecular complexity index is 1110. The van der Waals surface area contributed by atoms with Crippen molar-refractivity contribution >= 4 is 32.6 Å². The van der Waals surface area contributed by atoms with Gasteiger partial charge in [-0.2, -0.15) is 0 Å². The van der Waals surface area contributed by atoms with Crippen LogP contribution < -0.4 is 10.1 Å². The molecule has 0 unspecified atom stereocenters. The molecule has 0 spiro atoms. The number of hydrogen-bond acceptors (Lipinski definition) is 5. The van der Waals surface area contributed by atoms with E-state index in [4.69, 9.17) is 9.15 Å². The van der Waals surface area contributed by atoms with Crippen LogP contribution >= 0.6 is 11.3 Å². The van der Waals surface area contributed by atoms with Crippen molar-refractivity contribution in [1.82, 2.24) is 4.98 Å². The molecule has 0 aliphatic heterocycles. The summed E-state index contributed by atoms with van der Waals surface area (Å²) in [5.41, 5.74) is 3.29. The third-order valence-corrected chi connectivity index (χ3v) is 5.30. The number of rotatable bonds is 6. The van der Waals surface area contributed by atoms with Crippen LogP contribution in [0.25, 0.3) is 10.2 Å². The second-order valence-electron chi connectivity index (χ2n) is 6.50. The molecule has 2 heterocycles. The number of benzene rings is 2. The number of anilines is 1. The molecule has 5 nitrogen and oxygen atoms in total. The van der Waals surface area contributed by atoms with Gasteiger partial charge in [0.2, 0.25) is 0 Å². The van der Waals surface area contributed by atoms with Crippen molar-refractivity contribution in [3.8, 4) is 5.75 Å². The van der Waals surface area contributed by atoms with Gasteiger partial charge in [0.25, 0.3) is 5.91 Å². The second kappa shape index (κ2) is 7.86. The quantitative estimate of drug-likeness (QED) is 0.464. The van der Waals surface area contributed by atoms with Gasteiger partial charge in [-0.3, -0.25) is 10.1 Å². The van der Waals surface area contributed by atoms with Crippen LogP contribution in [0.15, 0.2) is 59.0 Å². The molecule has 0 saturated carbocycles. The first-order valence-electron chi connectivity index (χ1n) is 9.09. The van der Waals surface area contributed by atoms with Crippen LogP contribution in [0.5, 0.6) is 5.75 Å². The molecular weight excluding hydrogens is 372 g/mol. The molecule has 142 valence electrons. The highest BCUT2D eigenvalue weighted by Gasteiger charge is 2.14. The highest BCUT2D eigenvalue weighted by Crippen LogP contribution is 2.27. The first-order chi connectivity index (χ1) is 13.6. The summed E-state index contributed by atoms with van der Waals surface area (Å²) >= 11 is 1.44. The summed E-state index contributed by atoms with van der Waals surface area (Å²) in [6.07, 6.45) is 0.991. The molecule has 4 rings (SSSR count). The number of fused-ring (bicyclic) bond motifs is 1. The first-order valence-corrected chi connectivity index (χ1v) is 9.91. The molecule has 0 aliphatic rings. The number of carbonyl (C=O) groups is 1. The topological polar surface area (TPSA) is 64.4 Å². The fourth-order valence-corrected chi connectivity index (χ4v) is 3.76. The number of amides is 1. The smallest absolute Gasteiger partial charge is 0.293 e. The molecular formula is C22H20N2O3S. The van der Waals surface area contributed by atoms with Gasteiger partial charge in [0, 0.05) is 0 Å². The number of furan rings is 1. The third kappa shape index (κ3) is 4.07. The van der Waals surface area contributed by atoms with Crippen molar-refractivity contribution in [3.63, 3.8) is 0 Å². The van der Waals surface area contributed by atoms with Crippen LogP contribution in [0.1, 0.15) is 34.4 Å². The molecule has 2 aromatic heterocycles. The molecule has 2 aromatic carbocycles. The molecule has 28 heavy (non-hydrogen) atoms. The van der Waals surface area contributed by atoms with Gasteiger partial charge in [0.05, 0.1) is 10.2 Å². The maximum atomic E-state index is 12.4. The minimum absolute atomic E-state index is 0.232. The molecule has 0 atom stereocenters. The number of carbonyl (C=O) groups excluding carboxylic acids is 1. The van der Waals surface area contributed by atoms with Gasteiger partial charge in [-0.05, 0) is 60.9 Å². The number of thiazole rings is 1. The van der Waals surface area contributed by atoms with Crippen molar-refractivity contribution in [2.75, 3.05) is 5.32 Å². The van der Waals surface area contributed by atoms with Crippen LogP contribution in [0.4, 0.5) is 5.13 Å². The fourth-order valence-electron chi connectivity index (χ4n) is 2.80. The number of aryl methyl sites for hydroxylation is 2. The SMILES string of the molecule is CCc1ccc(OCc2ccc(C(=O)Nc3nc4ccc(C)cc4s3)o2)cc1. The van der Waals surface area contributed by atoms with E-state index in [2.05, 4.69) is 23.3 Å². The lowest BCUT2D eigenvalue weighted by Gasteiger charge is -2.05. The minimum atomic E-state index is -0.325. The molecule has 0 saturated heterocycles. The zero-order valence-corrected chi connectivity index (χ0v) is 16.5. The Labute approximate surface area is 167 Å². The van der Waals surface area contributed by atoms with Gasteiger partial charge >= 0.3 is 0 Å². The van der Waals surface area contributed by atoms with E-state index in [1.165, 1.54) is 16.9 Å². The molecule has 0 fully saturated rings. The second-order valence-corrected chi connectivity index (χ2v) is 7.53. The van der Waals surface area contributed by atoms with Gasteiger partial charge in [-0.25, -0.2) is 4.98 Å². The number of nitrogens with one attached hydrogen (secondary N) is 1. The summed E-state index contributed by atoms with van der Waals surface area (Å²) in [6, 6.07) is 17.3. The van der Waals surface area contributed by atoms with E-state index < -0.39 is 0 Å². The van der Waals surface area contributed by atoms with Gasteiger partial charge in [-0.15, -0.1) is 0 Å². The summed E-state index contributed by atoms with van der Waals surface area (Å²) < 4.78 is 12.4. The monoisotopic (exact) mass is 392 g/mol. The molecule has 0 bridgehead atoms. The number of ether oxygens (including phenoxy) is 1. The Kier molecular flexibility index (Phi) is 5.12. The molecule has 1 amide bonds. The Hall–Kier alpha value is -3.12. The first kappa shape index (κ1) is 18.3. The summed E-state index contributed by atoms with van der Waals surface area (Å²) in [5, 5.41) is 3.35. The Balaban J connectivity index is 1.39. The van der Waals surface area contributed by atoms with Crippen LogP contribution in [-0.4, -0.2) is 10.9 Å². The highest BCUT2D eigenvalue weighted by atomic mass is 32.1. The summed E-state index contributed by atoms with van der Waals surface area (Å²) in [6.45, 7) is 4.40. The van der Waals surface area contributed by atoms with E-state index in [0.29, 0.717) is 10.9 Å². The van der Waals surface area contributed by atoms with Gasteiger partial charge in [-0.1, -0.05) is 36.5 Å². The highest BCUT2D eigenvalue weighted by molar-refractivity contribution is 7.22. The zero-order chi connectivity index (χ0) is 19.5. The van der Waals surface area contributed by atoms with Crippen LogP contribution in [0.2, 0.25) is 0 Å². The largest absolute Gasteiger partial charge is 0.486 e. The zero-order valence-electron chi connectivity index (χ0n) is 15.7. The van der Waals surface area contributed by atoms with E-state index >= 15 is 0 Å². The normalized spacial score (nSPS) is 10.9. The Morgan fingerprint density at radius 2 is 1.96 bits per heavy atom. The lowest BCUT2D eigenvalue weighted by atomic mass is 10.2. The van der Waals surface area contributed by atoms with Gasteiger partial charge in [0.1, 0.15) is 18.1 Å². The third-order valence-electron chi connectivity index (χ3n) is 4.36. The lowest BCUT2D eigenvalue weighted by Crippen LogP contribution is -2.10. The van der Waals surface area contributed by atoms with Crippen LogP contribution in [-0.2, 0) is 13.0 Å². The maximum Gasteiger partial charge on any atom is 0.293 e. The minimum Gasteiger partial charge on any atom is -0.486 e. The predicted molar refractivity (Wildman–Crippen MR) is 111 cm³/mol. The standard InChI is InChI=1S/C22H20N2O3S/c1-3-15-5-7-16(8-6-15)26-13-17-9-11-19(27-17)21(25)24-22-23-18-10-4-14(2)12-20(18)28-22/h4-12H,3,13H2,1-2H3,(H,23,24,25). The Morgan fingerprint density at radius 1 is 1.14 bits per heavy atom. The van der Waals surface area contributed by atoms with Crippen molar-refractivity contribution < 1.29 is 13.9 Å². The fraction of sp³-hybridized carbons (Fsp3) is 0.182. The van der Waals surface area contributed by atoms with Crippen molar-refractivity contribution in [1.29, 1.82) is 0 Å². The molecule has 0 aliphatic carbocycles. The number of aromatic nitrogens is 1. The van der Waals surface area contributed by atoms with Crippen molar-refractivity contribution in [2.45, 2.75) is 26.9 Å². The van der Waals surface area contributed by atoms with E-state index in [1.54, 1.807) is 12.1 Å². The van der Waals surface area contributed by atoms with Crippen LogP contribution in [0.3, 0.4) is 0 Å².